The van der Waals surface area contributed by atoms with Crippen molar-refractivity contribution in [3.63, 3.8) is 0 Å². The molecule has 128 valence electrons. The second kappa shape index (κ2) is 6.86. The zero-order chi connectivity index (χ0) is 17.1. The molecule has 1 aliphatic heterocycles. The number of carbonyl (C=O) groups is 2. The first kappa shape index (κ1) is 16.2. The molecule has 24 heavy (non-hydrogen) atoms. The highest BCUT2D eigenvalue weighted by Gasteiger charge is 2.36. The molecule has 0 bridgehead atoms. The van der Waals surface area contributed by atoms with Gasteiger partial charge in [-0.3, -0.25) is 19.7 Å². The van der Waals surface area contributed by atoms with E-state index in [1.165, 1.54) is 24.3 Å². The van der Waals surface area contributed by atoms with Crippen LogP contribution in [0.1, 0.15) is 25.7 Å². The number of nitrogens with zero attached hydrogens (tertiary/aromatic N) is 2. The quantitative estimate of drug-likeness (QED) is 0.623. The van der Waals surface area contributed by atoms with E-state index in [-0.39, 0.29) is 30.2 Å². The zero-order valence-electron chi connectivity index (χ0n) is 13.1. The van der Waals surface area contributed by atoms with Crippen LogP contribution in [0, 0.1) is 10.1 Å². The molecule has 1 saturated heterocycles. The van der Waals surface area contributed by atoms with Crippen molar-refractivity contribution in [3.8, 4) is 5.75 Å². The van der Waals surface area contributed by atoms with Crippen LogP contribution >= 0.6 is 0 Å². The topological polar surface area (TPSA) is 102 Å². The maximum absolute atomic E-state index is 12.3. The van der Waals surface area contributed by atoms with Crippen LogP contribution in [0.25, 0.3) is 0 Å². The van der Waals surface area contributed by atoms with Gasteiger partial charge in [0.05, 0.1) is 4.92 Å². The highest BCUT2D eigenvalue weighted by molar-refractivity contribution is 5.89. The number of benzene rings is 1. The first-order valence-electron chi connectivity index (χ1n) is 8.01. The number of nitro benzene ring substituents is 1. The molecule has 3 rings (SSSR count). The molecule has 1 aliphatic carbocycles. The molecule has 1 saturated carbocycles. The molecule has 0 aromatic heterocycles. The van der Waals surface area contributed by atoms with Crippen molar-refractivity contribution >= 4 is 17.5 Å². The van der Waals surface area contributed by atoms with E-state index >= 15 is 0 Å². The Bertz CT molecular complexity index is 642. The Morgan fingerprint density at radius 2 is 1.96 bits per heavy atom. The van der Waals surface area contributed by atoms with E-state index in [1.54, 1.807) is 4.90 Å². The van der Waals surface area contributed by atoms with Gasteiger partial charge in [-0.05, 0) is 37.8 Å². The maximum Gasteiger partial charge on any atom is 0.269 e. The van der Waals surface area contributed by atoms with Crippen LogP contribution in [0.15, 0.2) is 24.3 Å². The number of likely N-dealkylation sites (tertiary alicyclic amines) is 1. The first-order chi connectivity index (χ1) is 11.5. The van der Waals surface area contributed by atoms with Crippen LogP contribution in [-0.4, -0.2) is 46.9 Å². The highest BCUT2D eigenvalue weighted by Crippen LogP contribution is 2.23. The summed E-state index contributed by atoms with van der Waals surface area (Å²) in [7, 11) is 0. The lowest BCUT2D eigenvalue weighted by Crippen LogP contribution is -2.47. The number of non-ortho nitro benzene ring substituents is 1. The Morgan fingerprint density at radius 1 is 1.25 bits per heavy atom. The predicted octanol–water partition coefficient (Wildman–Crippen LogP) is 1.24. The van der Waals surface area contributed by atoms with Gasteiger partial charge in [0, 0.05) is 24.7 Å². The molecule has 8 nitrogen and oxygen atoms in total. The van der Waals surface area contributed by atoms with Crippen molar-refractivity contribution in [2.45, 2.75) is 37.8 Å². The van der Waals surface area contributed by atoms with Crippen LogP contribution in [0.3, 0.4) is 0 Å². The largest absolute Gasteiger partial charge is 0.484 e. The fourth-order valence-electron chi connectivity index (χ4n) is 2.75. The third-order valence-corrected chi connectivity index (χ3v) is 4.21. The fraction of sp³-hybridized carbons (Fsp3) is 0.500. The molecule has 8 heteroatoms. The van der Waals surface area contributed by atoms with Crippen molar-refractivity contribution in [1.82, 2.24) is 10.2 Å². The fourth-order valence-corrected chi connectivity index (χ4v) is 2.75. The molecule has 0 spiro atoms. The number of nitro groups is 1. The van der Waals surface area contributed by atoms with Crippen LogP contribution in [0.2, 0.25) is 0 Å². The standard InChI is InChI=1S/C16H19N3O5/c20-15(10-24-13-7-5-12(6-8-13)19(22)23)18-9-1-2-14(18)16(21)17-11-3-4-11/h5-8,11,14H,1-4,9-10H2,(H,17,21). The van der Waals surface area contributed by atoms with Crippen molar-refractivity contribution in [2.75, 3.05) is 13.2 Å². The van der Waals surface area contributed by atoms with Gasteiger partial charge >= 0.3 is 0 Å². The Labute approximate surface area is 138 Å². The van der Waals surface area contributed by atoms with Gasteiger partial charge in [0.15, 0.2) is 6.61 Å². The number of hydrogen-bond donors (Lipinski definition) is 1. The predicted molar refractivity (Wildman–Crippen MR) is 84.5 cm³/mol. The Morgan fingerprint density at radius 3 is 2.58 bits per heavy atom. The summed E-state index contributed by atoms with van der Waals surface area (Å²) in [6, 6.07) is 5.40. The second-order valence-corrected chi connectivity index (χ2v) is 6.07. The molecule has 1 N–H and O–H groups in total. The summed E-state index contributed by atoms with van der Waals surface area (Å²) in [6.45, 7) is 0.357. The van der Waals surface area contributed by atoms with E-state index in [2.05, 4.69) is 5.32 Å². The van der Waals surface area contributed by atoms with E-state index < -0.39 is 11.0 Å². The van der Waals surface area contributed by atoms with Gasteiger partial charge < -0.3 is 15.0 Å². The summed E-state index contributed by atoms with van der Waals surface area (Å²) < 4.78 is 5.39. The summed E-state index contributed by atoms with van der Waals surface area (Å²) in [4.78, 5) is 36.2. The van der Waals surface area contributed by atoms with Gasteiger partial charge in [-0.2, -0.15) is 0 Å². The lowest BCUT2D eigenvalue weighted by molar-refractivity contribution is -0.384. The average Bonchev–Trinajstić information content (AvgIpc) is 3.24. The first-order valence-corrected chi connectivity index (χ1v) is 8.01. The molecule has 2 amide bonds. The van der Waals surface area contributed by atoms with Crippen molar-refractivity contribution in [2.24, 2.45) is 0 Å². The molecular formula is C16H19N3O5. The van der Waals surface area contributed by atoms with Crippen LogP contribution in [0.4, 0.5) is 5.69 Å². The van der Waals surface area contributed by atoms with Crippen LogP contribution in [0.5, 0.6) is 5.75 Å². The number of carbonyl (C=O) groups excluding carboxylic acids is 2. The van der Waals surface area contributed by atoms with Crippen molar-refractivity contribution < 1.29 is 19.2 Å². The van der Waals surface area contributed by atoms with E-state index in [0.717, 1.165) is 19.3 Å². The van der Waals surface area contributed by atoms with E-state index in [9.17, 15) is 19.7 Å². The summed E-state index contributed by atoms with van der Waals surface area (Å²) in [6.07, 6.45) is 3.49. The second-order valence-electron chi connectivity index (χ2n) is 6.07. The molecule has 1 atom stereocenters. The van der Waals surface area contributed by atoms with Gasteiger partial charge in [0.2, 0.25) is 5.91 Å². The monoisotopic (exact) mass is 333 g/mol. The minimum Gasteiger partial charge on any atom is -0.484 e. The number of rotatable bonds is 6. The number of nitrogens with one attached hydrogen (secondary N) is 1. The molecule has 2 fully saturated rings. The Kier molecular flexibility index (Phi) is 4.64. The molecule has 2 aliphatic rings. The van der Waals surface area contributed by atoms with E-state index in [4.69, 9.17) is 4.74 Å². The van der Waals surface area contributed by atoms with Gasteiger partial charge in [-0.25, -0.2) is 0 Å². The normalized spacial score (nSPS) is 19.8. The van der Waals surface area contributed by atoms with Gasteiger partial charge in [-0.1, -0.05) is 0 Å². The Hall–Kier alpha value is -2.64. The van der Waals surface area contributed by atoms with Crippen LogP contribution in [-0.2, 0) is 9.59 Å². The smallest absolute Gasteiger partial charge is 0.269 e. The molecule has 1 heterocycles. The summed E-state index contributed by atoms with van der Waals surface area (Å²) >= 11 is 0. The summed E-state index contributed by atoms with van der Waals surface area (Å²) in [5.74, 6) is 0.0487. The molecule has 1 unspecified atom stereocenters. The summed E-state index contributed by atoms with van der Waals surface area (Å²) in [5, 5.41) is 13.5. The minimum absolute atomic E-state index is 0.0370. The van der Waals surface area contributed by atoms with Crippen molar-refractivity contribution in [1.29, 1.82) is 0 Å². The molecular weight excluding hydrogens is 314 g/mol. The average molecular weight is 333 g/mol. The number of ether oxygens (including phenoxy) is 1. The molecule has 1 aromatic carbocycles. The molecule has 0 radical (unpaired) electrons. The zero-order valence-corrected chi connectivity index (χ0v) is 13.1. The SMILES string of the molecule is O=C(NC1CC1)C1CCCN1C(=O)COc1ccc([N+](=O)[O-])cc1. The lowest BCUT2D eigenvalue weighted by atomic mass is 10.2. The van der Waals surface area contributed by atoms with E-state index in [1.807, 2.05) is 0 Å². The Balaban J connectivity index is 1.53. The van der Waals surface area contributed by atoms with Gasteiger partial charge in [0.25, 0.3) is 11.6 Å². The third-order valence-electron chi connectivity index (χ3n) is 4.21. The highest BCUT2D eigenvalue weighted by atomic mass is 16.6. The third kappa shape index (κ3) is 3.81. The number of amides is 2. The van der Waals surface area contributed by atoms with Gasteiger partial charge in [-0.15, -0.1) is 0 Å². The van der Waals surface area contributed by atoms with E-state index in [0.29, 0.717) is 18.7 Å². The van der Waals surface area contributed by atoms with Gasteiger partial charge in [0.1, 0.15) is 11.8 Å². The van der Waals surface area contributed by atoms with Crippen LogP contribution < -0.4 is 10.1 Å². The number of hydrogen-bond acceptors (Lipinski definition) is 5. The molecule has 1 aromatic rings. The summed E-state index contributed by atoms with van der Waals surface area (Å²) in [5.41, 5.74) is -0.0370. The maximum atomic E-state index is 12.3. The lowest BCUT2D eigenvalue weighted by Gasteiger charge is -2.24. The minimum atomic E-state index is -0.498. The van der Waals surface area contributed by atoms with Crippen molar-refractivity contribution in [3.05, 3.63) is 34.4 Å².